The number of morpholine rings is 1. The highest BCUT2D eigenvalue weighted by atomic mass is 19.1. The molecule has 0 spiro atoms. The van der Waals surface area contributed by atoms with E-state index in [0.717, 1.165) is 22.5 Å². The van der Waals surface area contributed by atoms with Crippen molar-refractivity contribution >= 4 is 11.9 Å². The minimum atomic E-state index is -0.846. The van der Waals surface area contributed by atoms with Gasteiger partial charge in [0.2, 0.25) is 11.6 Å². The van der Waals surface area contributed by atoms with Gasteiger partial charge in [-0.25, -0.2) is 9.37 Å². The van der Waals surface area contributed by atoms with Crippen molar-refractivity contribution < 1.29 is 18.7 Å². The van der Waals surface area contributed by atoms with Crippen LogP contribution in [0.3, 0.4) is 0 Å². The normalized spacial score (nSPS) is 23.1. The van der Waals surface area contributed by atoms with E-state index in [0.29, 0.717) is 23.9 Å². The third-order valence-corrected chi connectivity index (χ3v) is 5.94. The molecule has 0 saturated carbocycles. The Morgan fingerprint density at radius 1 is 1.21 bits per heavy atom. The van der Waals surface area contributed by atoms with Gasteiger partial charge in [0, 0.05) is 18.7 Å². The number of benzene rings is 2. The molecule has 3 heterocycles. The van der Waals surface area contributed by atoms with Crippen molar-refractivity contribution in [1.29, 1.82) is 0 Å². The van der Waals surface area contributed by atoms with Crippen molar-refractivity contribution in [2.45, 2.75) is 32.6 Å². The molecule has 0 radical (unpaired) electrons. The van der Waals surface area contributed by atoms with Crippen molar-refractivity contribution in [3.63, 3.8) is 0 Å². The number of oxime groups is 1. The molecule has 5 rings (SSSR count). The number of ether oxygens (including phenoxy) is 2. The summed E-state index contributed by atoms with van der Waals surface area (Å²) in [6.45, 7) is 6.46. The van der Waals surface area contributed by atoms with Gasteiger partial charge < -0.3 is 23.8 Å². The van der Waals surface area contributed by atoms with Crippen LogP contribution in [-0.2, 0) is 15.3 Å². The highest BCUT2D eigenvalue weighted by molar-refractivity contribution is 6.01. The van der Waals surface area contributed by atoms with Gasteiger partial charge >= 0.3 is 0 Å². The SMILES string of the molecule is COc1cc(/C=C2/O[C@H](C)CN3C2=NO[C@]3(C)c2ccc(F)cc2)ccc1-n1cnc(C)c1. The Labute approximate surface area is 191 Å². The first kappa shape index (κ1) is 21.1. The first-order valence-electron chi connectivity index (χ1n) is 10.7. The smallest absolute Gasteiger partial charge is 0.234 e. The van der Waals surface area contributed by atoms with Gasteiger partial charge in [-0.05, 0) is 49.8 Å². The number of rotatable bonds is 4. The van der Waals surface area contributed by atoms with Crippen molar-refractivity contribution in [3.05, 3.63) is 83.4 Å². The number of aromatic nitrogens is 2. The van der Waals surface area contributed by atoms with Crippen LogP contribution in [0.15, 0.2) is 65.9 Å². The van der Waals surface area contributed by atoms with Crippen LogP contribution in [0, 0.1) is 12.7 Å². The summed E-state index contributed by atoms with van der Waals surface area (Å²) in [5.41, 5.74) is 2.69. The fourth-order valence-electron chi connectivity index (χ4n) is 4.20. The van der Waals surface area contributed by atoms with E-state index in [1.165, 1.54) is 12.1 Å². The van der Waals surface area contributed by atoms with Gasteiger partial charge in [-0.1, -0.05) is 23.4 Å². The average molecular weight is 448 g/mol. The predicted molar refractivity (Wildman–Crippen MR) is 122 cm³/mol. The van der Waals surface area contributed by atoms with Crippen LogP contribution < -0.4 is 4.74 Å². The van der Waals surface area contributed by atoms with E-state index in [9.17, 15) is 4.39 Å². The Kier molecular flexibility index (Phi) is 5.08. The van der Waals surface area contributed by atoms with E-state index in [4.69, 9.17) is 14.3 Å². The first-order valence-corrected chi connectivity index (χ1v) is 10.7. The number of methoxy groups -OCH3 is 1. The van der Waals surface area contributed by atoms with Crippen LogP contribution in [0.2, 0.25) is 0 Å². The van der Waals surface area contributed by atoms with E-state index >= 15 is 0 Å². The van der Waals surface area contributed by atoms with Crippen LogP contribution in [-0.4, -0.2) is 40.0 Å². The number of nitrogens with zero attached hydrogens (tertiary/aromatic N) is 4. The number of fused-ring (bicyclic) bond motifs is 1. The maximum absolute atomic E-state index is 13.5. The molecule has 2 aliphatic rings. The molecule has 1 fully saturated rings. The summed E-state index contributed by atoms with van der Waals surface area (Å²) in [6, 6.07) is 12.2. The lowest BCUT2D eigenvalue weighted by atomic mass is 10.0. The molecule has 1 saturated heterocycles. The van der Waals surface area contributed by atoms with Crippen LogP contribution in [0.25, 0.3) is 11.8 Å². The summed E-state index contributed by atoms with van der Waals surface area (Å²) < 4.78 is 27.2. The minimum Gasteiger partial charge on any atom is -0.495 e. The molecule has 0 N–H and O–H groups in total. The van der Waals surface area contributed by atoms with E-state index < -0.39 is 5.72 Å². The zero-order chi connectivity index (χ0) is 23.2. The lowest BCUT2D eigenvalue weighted by molar-refractivity contribution is -0.104. The molecular formula is C25H25FN4O3. The molecule has 8 heteroatoms. The predicted octanol–water partition coefficient (Wildman–Crippen LogP) is 4.61. The van der Waals surface area contributed by atoms with Gasteiger partial charge in [-0.3, -0.25) is 0 Å². The van der Waals surface area contributed by atoms with Crippen molar-refractivity contribution in [3.8, 4) is 11.4 Å². The van der Waals surface area contributed by atoms with Crippen LogP contribution >= 0.6 is 0 Å². The summed E-state index contributed by atoms with van der Waals surface area (Å²) in [4.78, 5) is 12.2. The molecule has 0 bridgehead atoms. The molecule has 2 atom stereocenters. The Bertz CT molecular complexity index is 1250. The zero-order valence-corrected chi connectivity index (χ0v) is 18.9. The van der Waals surface area contributed by atoms with Gasteiger partial charge in [0.1, 0.15) is 17.7 Å². The Morgan fingerprint density at radius 2 is 2.00 bits per heavy atom. The summed E-state index contributed by atoms with van der Waals surface area (Å²) in [5.74, 6) is 1.63. The highest BCUT2D eigenvalue weighted by Gasteiger charge is 2.48. The Balaban J connectivity index is 1.48. The van der Waals surface area contributed by atoms with E-state index in [1.807, 2.05) is 55.8 Å². The number of halogens is 1. The molecule has 7 nitrogen and oxygen atoms in total. The van der Waals surface area contributed by atoms with Crippen molar-refractivity contribution in [2.75, 3.05) is 13.7 Å². The summed E-state index contributed by atoms with van der Waals surface area (Å²) in [5, 5.41) is 4.34. The van der Waals surface area contributed by atoms with E-state index in [1.54, 1.807) is 25.6 Å². The molecule has 2 aromatic carbocycles. The second-order valence-corrected chi connectivity index (χ2v) is 8.40. The summed E-state index contributed by atoms with van der Waals surface area (Å²) in [6.07, 6.45) is 5.54. The molecule has 170 valence electrons. The lowest BCUT2D eigenvalue weighted by Crippen LogP contribution is -2.51. The molecule has 0 unspecified atom stereocenters. The van der Waals surface area contributed by atoms with E-state index in [2.05, 4.69) is 15.0 Å². The molecule has 1 aromatic heterocycles. The number of hydrogen-bond acceptors (Lipinski definition) is 6. The van der Waals surface area contributed by atoms with Gasteiger partial charge in [-0.2, -0.15) is 0 Å². The summed E-state index contributed by atoms with van der Waals surface area (Å²) in [7, 11) is 1.64. The Morgan fingerprint density at radius 3 is 2.70 bits per heavy atom. The zero-order valence-electron chi connectivity index (χ0n) is 18.9. The monoisotopic (exact) mass is 448 g/mol. The standard InChI is InChI=1S/C25H25FN4O3/c1-16-13-29(15-27-16)21-10-5-18(11-22(21)31-4)12-23-24-28-33-25(3,30(24)14-17(2)32-23)19-6-8-20(26)9-7-19/h5-13,15,17H,14H2,1-4H3/b23-12+/t17-,25-/m1/s1. The van der Waals surface area contributed by atoms with Crippen molar-refractivity contribution in [2.24, 2.45) is 5.16 Å². The number of aryl methyl sites for hydroxylation is 1. The van der Waals surface area contributed by atoms with Gasteiger partial charge in [0.25, 0.3) is 0 Å². The topological polar surface area (TPSA) is 61.1 Å². The molecule has 3 aromatic rings. The fraction of sp³-hybridized carbons (Fsp3) is 0.280. The fourth-order valence-corrected chi connectivity index (χ4v) is 4.20. The largest absolute Gasteiger partial charge is 0.495 e. The first-order chi connectivity index (χ1) is 15.9. The Hall–Kier alpha value is -3.81. The molecule has 0 amide bonds. The van der Waals surface area contributed by atoms with Crippen LogP contribution in [0.1, 0.15) is 30.7 Å². The second-order valence-electron chi connectivity index (χ2n) is 8.40. The quantitative estimate of drug-likeness (QED) is 0.584. The van der Waals surface area contributed by atoms with Gasteiger partial charge in [-0.15, -0.1) is 0 Å². The number of imidazole rings is 1. The summed E-state index contributed by atoms with van der Waals surface area (Å²) >= 11 is 0. The van der Waals surface area contributed by atoms with Crippen molar-refractivity contribution in [1.82, 2.24) is 14.5 Å². The third-order valence-electron chi connectivity index (χ3n) is 5.94. The maximum atomic E-state index is 13.5. The van der Waals surface area contributed by atoms with Gasteiger partial charge in [0.05, 0.1) is 31.4 Å². The maximum Gasteiger partial charge on any atom is 0.234 e. The van der Waals surface area contributed by atoms with Gasteiger partial charge in [0.15, 0.2) is 5.76 Å². The minimum absolute atomic E-state index is 0.0910. The number of amidine groups is 1. The second kappa shape index (κ2) is 7.95. The van der Waals surface area contributed by atoms with Crippen LogP contribution in [0.4, 0.5) is 4.39 Å². The molecule has 2 aliphatic heterocycles. The molecule has 33 heavy (non-hydrogen) atoms. The third kappa shape index (κ3) is 3.71. The molecular weight excluding hydrogens is 423 g/mol. The molecule has 0 aliphatic carbocycles. The van der Waals surface area contributed by atoms with E-state index in [-0.39, 0.29) is 11.9 Å². The van der Waals surface area contributed by atoms with Crippen LogP contribution in [0.5, 0.6) is 5.75 Å². The lowest BCUT2D eigenvalue weighted by Gasteiger charge is -2.39. The highest BCUT2D eigenvalue weighted by Crippen LogP contribution is 2.39. The number of hydrogen-bond donors (Lipinski definition) is 0. The average Bonchev–Trinajstić information content (AvgIpc) is 3.38.